The molecule has 9 heteroatoms. The monoisotopic (exact) mass is 390 g/mol. The highest BCUT2D eigenvalue weighted by atomic mass is 35.5. The molecule has 0 radical (unpaired) electrons. The Morgan fingerprint density at radius 2 is 1.81 bits per heavy atom. The normalized spacial score (nSPS) is 13.6. The zero-order valence-electron chi connectivity index (χ0n) is 14.0. The number of benzene rings is 1. The number of carbonyl (C=O) groups excluding carboxylic acids is 3. The number of imide groups is 1. The molecule has 1 aromatic carbocycles. The van der Waals surface area contributed by atoms with Gasteiger partial charge in [-0.3, -0.25) is 19.3 Å². The summed E-state index contributed by atoms with van der Waals surface area (Å²) < 4.78 is 4.98. The minimum atomic E-state index is -0.729. The third-order valence-corrected chi connectivity index (χ3v) is 4.35. The number of carbonyl (C=O) groups is 3. The number of nitrogens with zero attached hydrogens (tertiary/aromatic N) is 1. The van der Waals surface area contributed by atoms with Crippen molar-refractivity contribution in [1.29, 1.82) is 0 Å². The van der Waals surface area contributed by atoms with Crippen LogP contribution in [0.4, 0.5) is 0 Å². The number of nitrogens with one attached hydrogen (secondary N) is 1. The average Bonchev–Trinajstić information content (AvgIpc) is 2.94. The summed E-state index contributed by atoms with van der Waals surface area (Å²) >= 11 is 5.87. The Bertz CT molecular complexity index is 1010. The molecule has 27 heavy (non-hydrogen) atoms. The molecule has 3 amide bonds. The van der Waals surface area contributed by atoms with Crippen LogP contribution in [-0.4, -0.2) is 40.8 Å². The SMILES string of the molecule is O=C(NCCCCN1C(=O)C=CC1=O)c1cc(=O)oc2cc(O)c(Cl)cc12. The number of hydrogen-bond donors (Lipinski definition) is 2. The van der Waals surface area contributed by atoms with Crippen molar-refractivity contribution in [3.8, 4) is 5.75 Å². The number of phenols is 1. The Labute approximate surface area is 158 Å². The molecule has 0 bridgehead atoms. The molecule has 0 saturated heterocycles. The quantitative estimate of drug-likeness (QED) is 0.439. The van der Waals surface area contributed by atoms with Crippen molar-refractivity contribution in [1.82, 2.24) is 10.2 Å². The summed E-state index contributed by atoms with van der Waals surface area (Å²) in [5.41, 5.74) is -0.599. The van der Waals surface area contributed by atoms with Gasteiger partial charge in [0.05, 0.1) is 10.6 Å². The van der Waals surface area contributed by atoms with Crippen molar-refractivity contribution in [2.24, 2.45) is 0 Å². The van der Waals surface area contributed by atoms with Gasteiger partial charge in [0.1, 0.15) is 11.3 Å². The molecule has 8 nitrogen and oxygen atoms in total. The number of amides is 3. The highest BCUT2D eigenvalue weighted by Crippen LogP contribution is 2.29. The molecule has 0 atom stereocenters. The maximum absolute atomic E-state index is 12.4. The van der Waals surface area contributed by atoms with E-state index in [9.17, 15) is 24.3 Å². The Kier molecular flexibility index (Phi) is 5.27. The molecule has 0 spiro atoms. The fourth-order valence-corrected chi connectivity index (χ4v) is 2.87. The maximum Gasteiger partial charge on any atom is 0.337 e. The smallest absolute Gasteiger partial charge is 0.337 e. The van der Waals surface area contributed by atoms with Gasteiger partial charge in [-0.1, -0.05) is 11.6 Å². The van der Waals surface area contributed by atoms with Crippen molar-refractivity contribution >= 4 is 40.3 Å². The topological polar surface area (TPSA) is 117 Å². The molecule has 0 fully saturated rings. The minimum Gasteiger partial charge on any atom is -0.506 e. The summed E-state index contributed by atoms with van der Waals surface area (Å²) in [5, 5.41) is 12.6. The van der Waals surface area contributed by atoms with Gasteiger partial charge in [-0.25, -0.2) is 4.79 Å². The van der Waals surface area contributed by atoms with Gasteiger partial charge in [-0.2, -0.15) is 0 Å². The molecule has 1 aromatic heterocycles. The van der Waals surface area contributed by atoms with Gasteiger partial charge in [-0.15, -0.1) is 0 Å². The predicted octanol–water partition coefficient (Wildman–Crippen LogP) is 1.59. The molecule has 0 aliphatic carbocycles. The Hall–Kier alpha value is -3.13. The predicted molar refractivity (Wildman–Crippen MR) is 96.6 cm³/mol. The molecule has 1 aliphatic rings. The van der Waals surface area contributed by atoms with E-state index in [1.54, 1.807) is 0 Å². The van der Waals surface area contributed by atoms with E-state index in [1.165, 1.54) is 24.3 Å². The van der Waals surface area contributed by atoms with E-state index in [0.717, 1.165) is 11.0 Å². The molecular formula is C18H15ClN2O6. The van der Waals surface area contributed by atoms with Crippen LogP contribution in [0.5, 0.6) is 5.75 Å². The number of unbranched alkanes of at least 4 members (excludes halogenated alkanes) is 1. The first-order valence-electron chi connectivity index (χ1n) is 8.15. The number of halogens is 1. The lowest BCUT2D eigenvalue weighted by Gasteiger charge is -2.13. The zero-order chi connectivity index (χ0) is 19.6. The molecule has 2 aromatic rings. The van der Waals surface area contributed by atoms with Gasteiger partial charge >= 0.3 is 5.63 Å². The second-order valence-electron chi connectivity index (χ2n) is 5.90. The molecule has 2 N–H and O–H groups in total. The molecule has 140 valence electrons. The maximum atomic E-state index is 12.4. The van der Waals surface area contributed by atoms with E-state index >= 15 is 0 Å². The molecule has 0 unspecified atom stereocenters. The Morgan fingerprint density at radius 1 is 1.11 bits per heavy atom. The second-order valence-corrected chi connectivity index (χ2v) is 6.31. The third-order valence-electron chi connectivity index (χ3n) is 4.05. The molecule has 3 rings (SSSR count). The highest BCUT2D eigenvalue weighted by Gasteiger charge is 2.22. The van der Waals surface area contributed by atoms with E-state index in [0.29, 0.717) is 18.2 Å². The molecular weight excluding hydrogens is 376 g/mol. The molecule has 1 aliphatic heterocycles. The van der Waals surface area contributed by atoms with Crippen molar-refractivity contribution in [3.63, 3.8) is 0 Å². The summed E-state index contributed by atoms with van der Waals surface area (Å²) in [4.78, 5) is 48.1. The lowest BCUT2D eigenvalue weighted by atomic mass is 10.1. The van der Waals surface area contributed by atoms with E-state index in [2.05, 4.69) is 5.32 Å². The second kappa shape index (κ2) is 7.63. The van der Waals surface area contributed by atoms with E-state index in [-0.39, 0.29) is 46.8 Å². The van der Waals surface area contributed by atoms with E-state index in [4.69, 9.17) is 16.0 Å². The van der Waals surface area contributed by atoms with E-state index < -0.39 is 11.5 Å². The summed E-state index contributed by atoms with van der Waals surface area (Å²) in [5.74, 6) is -1.44. The van der Waals surface area contributed by atoms with Gasteiger partial charge < -0.3 is 14.8 Å². The molecule has 2 heterocycles. The standard InChI is InChI=1S/C18H15ClN2O6/c19-12-7-10-11(8-17(25)27-14(10)9-13(12)22)18(26)20-5-1-2-6-21-15(23)3-4-16(21)24/h3-4,7-9,22H,1-2,5-6H2,(H,20,26). The van der Waals surface area contributed by atoms with Crippen molar-refractivity contribution in [2.75, 3.05) is 13.1 Å². The van der Waals surface area contributed by atoms with Crippen LogP contribution in [-0.2, 0) is 9.59 Å². The van der Waals surface area contributed by atoms with Gasteiger partial charge in [0, 0.05) is 42.8 Å². The van der Waals surface area contributed by atoms with Gasteiger partial charge in [0.15, 0.2) is 0 Å². The largest absolute Gasteiger partial charge is 0.506 e. The van der Waals surface area contributed by atoms with Crippen LogP contribution in [0.1, 0.15) is 23.2 Å². The lowest BCUT2D eigenvalue weighted by molar-refractivity contribution is -0.136. The summed E-state index contributed by atoms with van der Waals surface area (Å²) in [6.07, 6.45) is 3.50. The lowest BCUT2D eigenvalue weighted by Crippen LogP contribution is -2.31. The van der Waals surface area contributed by atoms with Crippen LogP contribution in [0.2, 0.25) is 5.02 Å². The number of fused-ring (bicyclic) bond motifs is 1. The van der Waals surface area contributed by atoms with Crippen LogP contribution in [0, 0.1) is 0 Å². The van der Waals surface area contributed by atoms with Gasteiger partial charge in [-0.05, 0) is 18.9 Å². The van der Waals surface area contributed by atoms with Crippen molar-refractivity contribution in [3.05, 3.63) is 51.4 Å². The average molecular weight is 391 g/mol. The van der Waals surface area contributed by atoms with Crippen LogP contribution in [0.25, 0.3) is 11.0 Å². The zero-order valence-corrected chi connectivity index (χ0v) is 14.8. The van der Waals surface area contributed by atoms with E-state index in [1.807, 2.05) is 0 Å². The van der Waals surface area contributed by atoms with Gasteiger partial charge in [0.2, 0.25) is 0 Å². The summed E-state index contributed by atoms with van der Waals surface area (Å²) in [6, 6.07) is 3.58. The first kappa shape index (κ1) is 18.7. The van der Waals surface area contributed by atoms with Crippen LogP contribution in [0.15, 0.2) is 39.6 Å². The first-order valence-corrected chi connectivity index (χ1v) is 8.53. The Morgan fingerprint density at radius 3 is 2.52 bits per heavy atom. The fraction of sp³-hybridized carbons (Fsp3) is 0.222. The van der Waals surface area contributed by atoms with Gasteiger partial charge in [0.25, 0.3) is 17.7 Å². The van der Waals surface area contributed by atoms with Crippen LogP contribution < -0.4 is 10.9 Å². The first-order chi connectivity index (χ1) is 12.9. The van der Waals surface area contributed by atoms with Crippen LogP contribution in [0.3, 0.4) is 0 Å². The number of hydrogen-bond acceptors (Lipinski definition) is 6. The third kappa shape index (κ3) is 4.01. The number of aromatic hydroxyl groups is 1. The van der Waals surface area contributed by atoms with Crippen molar-refractivity contribution < 1.29 is 23.9 Å². The summed E-state index contributed by atoms with van der Waals surface area (Å²) in [6.45, 7) is 0.559. The highest BCUT2D eigenvalue weighted by molar-refractivity contribution is 6.33. The fourth-order valence-electron chi connectivity index (χ4n) is 2.70. The number of rotatable bonds is 6. The Balaban J connectivity index is 1.61. The summed E-state index contributed by atoms with van der Waals surface area (Å²) in [7, 11) is 0. The number of phenolic OH excluding ortho intramolecular Hbond substituents is 1. The van der Waals surface area contributed by atoms with Crippen LogP contribution >= 0.6 is 11.6 Å². The molecule has 0 saturated carbocycles. The van der Waals surface area contributed by atoms with Crippen molar-refractivity contribution in [2.45, 2.75) is 12.8 Å². The minimum absolute atomic E-state index is 0.0268.